The fourth-order valence-corrected chi connectivity index (χ4v) is 2.33. The van der Waals surface area contributed by atoms with Crippen molar-refractivity contribution in [2.75, 3.05) is 6.61 Å². The number of hydrogen-bond donors (Lipinski definition) is 1. The van der Waals surface area contributed by atoms with E-state index >= 15 is 0 Å². The zero-order chi connectivity index (χ0) is 14.5. The molecule has 0 saturated carbocycles. The highest BCUT2D eigenvalue weighted by atomic mass is 32.2. The Bertz CT molecular complexity index is 573. The molecule has 0 heterocycles. The van der Waals surface area contributed by atoms with E-state index in [1.807, 2.05) is 11.6 Å². The van der Waals surface area contributed by atoms with E-state index in [4.69, 9.17) is 4.74 Å². The van der Waals surface area contributed by atoms with Gasteiger partial charge in [0, 0.05) is 6.08 Å². The molecule has 6 heteroatoms. The summed E-state index contributed by atoms with van der Waals surface area (Å²) in [5.41, 5.74) is 0.942. The van der Waals surface area contributed by atoms with Gasteiger partial charge < -0.3 is 4.74 Å². The lowest BCUT2D eigenvalue weighted by atomic mass is 10.2. The first-order valence-corrected chi connectivity index (χ1v) is 7.28. The zero-order valence-electron chi connectivity index (χ0n) is 11.1. The molecule has 0 spiro atoms. The number of ether oxygens (including phenoxy) is 1. The van der Waals surface area contributed by atoms with Gasteiger partial charge in [-0.25, -0.2) is 13.1 Å². The molecular weight excluding hydrogens is 266 g/mol. The van der Waals surface area contributed by atoms with E-state index in [2.05, 4.69) is 0 Å². The normalized spacial score (nSPS) is 12.1. The Hall–Kier alpha value is -1.82. The van der Waals surface area contributed by atoms with E-state index in [9.17, 15) is 13.2 Å². The van der Waals surface area contributed by atoms with E-state index in [0.717, 1.165) is 11.6 Å². The number of amides is 1. The summed E-state index contributed by atoms with van der Waals surface area (Å²) in [6.07, 6.45) is 1.11. The summed E-state index contributed by atoms with van der Waals surface area (Å²) >= 11 is 0. The van der Waals surface area contributed by atoms with Gasteiger partial charge in [0.15, 0.2) is 0 Å². The largest absolute Gasteiger partial charge is 0.498 e. The summed E-state index contributed by atoms with van der Waals surface area (Å²) in [7, 11) is -3.84. The first kappa shape index (κ1) is 15.2. The SMILES string of the molecule is CCO/C(C)=C/C(=O)NS(=O)(=O)c1ccc(C)cc1. The van der Waals surface area contributed by atoms with Crippen LogP contribution in [0.4, 0.5) is 0 Å². The molecule has 19 heavy (non-hydrogen) atoms. The second kappa shape index (κ2) is 6.38. The van der Waals surface area contributed by atoms with Crippen molar-refractivity contribution in [2.24, 2.45) is 0 Å². The van der Waals surface area contributed by atoms with Crippen molar-refractivity contribution >= 4 is 15.9 Å². The van der Waals surface area contributed by atoms with Gasteiger partial charge >= 0.3 is 0 Å². The van der Waals surface area contributed by atoms with Crippen LogP contribution < -0.4 is 4.72 Å². The minimum Gasteiger partial charge on any atom is -0.498 e. The third kappa shape index (κ3) is 4.75. The van der Waals surface area contributed by atoms with Gasteiger partial charge in [0.2, 0.25) is 0 Å². The molecule has 1 aromatic rings. The van der Waals surface area contributed by atoms with Crippen LogP contribution >= 0.6 is 0 Å². The molecule has 104 valence electrons. The molecule has 1 amide bonds. The molecule has 0 aliphatic carbocycles. The first-order chi connectivity index (χ1) is 8.85. The van der Waals surface area contributed by atoms with Crippen LogP contribution in [0.25, 0.3) is 0 Å². The second-order valence-corrected chi connectivity index (χ2v) is 5.65. The molecular formula is C13H17NO4S. The summed E-state index contributed by atoms with van der Waals surface area (Å²) in [5.74, 6) is -0.370. The highest BCUT2D eigenvalue weighted by Gasteiger charge is 2.16. The molecule has 0 radical (unpaired) electrons. The van der Waals surface area contributed by atoms with Crippen LogP contribution in [0.5, 0.6) is 0 Å². The van der Waals surface area contributed by atoms with Crippen LogP contribution in [0.1, 0.15) is 19.4 Å². The number of hydrogen-bond acceptors (Lipinski definition) is 4. The number of aryl methyl sites for hydroxylation is 1. The van der Waals surface area contributed by atoms with Crippen LogP contribution in [0.15, 0.2) is 41.0 Å². The maximum absolute atomic E-state index is 11.9. The number of rotatable bonds is 5. The molecule has 1 rings (SSSR count). The summed E-state index contributed by atoms with van der Waals surface area (Å²) in [6, 6.07) is 6.23. The standard InChI is InChI=1S/C13H17NO4S/c1-4-18-11(3)9-13(15)14-19(16,17)12-7-5-10(2)6-8-12/h5-9H,4H2,1-3H3,(H,14,15)/b11-9+. The number of allylic oxidation sites excluding steroid dienone is 1. The number of benzene rings is 1. The molecule has 1 aromatic carbocycles. The van der Waals surface area contributed by atoms with E-state index in [-0.39, 0.29) is 4.90 Å². The lowest BCUT2D eigenvalue weighted by Crippen LogP contribution is -2.29. The molecule has 0 atom stereocenters. The molecule has 0 aliphatic rings. The van der Waals surface area contributed by atoms with Crippen molar-refractivity contribution in [2.45, 2.75) is 25.7 Å². The third-order valence-electron chi connectivity index (χ3n) is 2.27. The topological polar surface area (TPSA) is 72.5 Å². The molecule has 1 N–H and O–H groups in total. The van der Waals surface area contributed by atoms with Crippen molar-refractivity contribution in [1.82, 2.24) is 4.72 Å². The van der Waals surface area contributed by atoms with Crippen LogP contribution in [-0.4, -0.2) is 20.9 Å². The minimum atomic E-state index is -3.84. The van der Waals surface area contributed by atoms with Crippen LogP contribution in [0.2, 0.25) is 0 Å². The Labute approximate surface area is 113 Å². The molecule has 0 aromatic heterocycles. The van der Waals surface area contributed by atoms with Gasteiger partial charge in [0.25, 0.3) is 15.9 Å². The Morgan fingerprint density at radius 1 is 1.32 bits per heavy atom. The van der Waals surface area contributed by atoms with Gasteiger partial charge in [-0.05, 0) is 32.9 Å². The number of carbonyl (C=O) groups is 1. The Morgan fingerprint density at radius 2 is 1.89 bits per heavy atom. The van der Waals surface area contributed by atoms with Gasteiger partial charge in [-0.2, -0.15) is 0 Å². The van der Waals surface area contributed by atoms with Crippen molar-refractivity contribution in [1.29, 1.82) is 0 Å². The number of nitrogens with one attached hydrogen (secondary N) is 1. The predicted molar refractivity (Wildman–Crippen MR) is 71.9 cm³/mol. The van der Waals surface area contributed by atoms with Crippen LogP contribution in [-0.2, 0) is 19.6 Å². The van der Waals surface area contributed by atoms with Crippen LogP contribution in [0, 0.1) is 6.92 Å². The summed E-state index contributed by atoms with van der Waals surface area (Å²) < 4.78 is 30.8. The van der Waals surface area contributed by atoms with Crippen molar-refractivity contribution in [3.63, 3.8) is 0 Å². The van der Waals surface area contributed by atoms with Crippen molar-refractivity contribution in [3.05, 3.63) is 41.7 Å². The quantitative estimate of drug-likeness (QED) is 0.660. The Morgan fingerprint density at radius 3 is 2.42 bits per heavy atom. The van der Waals surface area contributed by atoms with Crippen LogP contribution in [0.3, 0.4) is 0 Å². The average Bonchev–Trinajstić information content (AvgIpc) is 2.28. The lowest BCUT2D eigenvalue weighted by Gasteiger charge is -2.06. The number of sulfonamides is 1. The molecule has 0 aliphatic heterocycles. The van der Waals surface area contributed by atoms with E-state index in [1.165, 1.54) is 12.1 Å². The zero-order valence-corrected chi connectivity index (χ0v) is 12.0. The van der Waals surface area contributed by atoms with E-state index in [1.54, 1.807) is 26.0 Å². The summed E-state index contributed by atoms with van der Waals surface area (Å²) in [4.78, 5) is 11.6. The predicted octanol–water partition coefficient (Wildman–Crippen LogP) is 1.74. The number of carbonyl (C=O) groups excluding carboxylic acids is 1. The first-order valence-electron chi connectivity index (χ1n) is 5.79. The molecule has 0 bridgehead atoms. The maximum Gasteiger partial charge on any atom is 0.264 e. The maximum atomic E-state index is 11.9. The fraction of sp³-hybridized carbons (Fsp3) is 0.308. The van der Waals surface area contributed by atoms with Gasteiger partial charge in [-0.1, -0.05) is 17.7 Å². The fourth-order valence-electron chi connectivity index (χ4n) is 1.39. The summed E-state index contributed by atoms with van der Waals surface area (Å²) in [6.45, 7) is 5.63. The molecule has 0 fully saturated rings. The highest BCUT2D eigenvalue weighted by molar-refractivity contribution is 7.90. The van der Waals surface area contributed by atoms with E-state index < -0.39 is 15.9 Å². The Kier molecular flexibility index (Phi) is 5.11. The Balaban J connectivity index is 2.83. The second-order valence-electron chi connectivity index (χ2n) is 3.97. The van der Waals surface area contributed by atoms with Gasteiger partial charge in [-0.15, -0.1) is 0 Å². The van der Waals surface area contributed by atoms with E-state index in [0.29, 0.717) is 12.4 Å². The average molecular weight is 283 g/mol. The monoisotopic (exact) mass is 283 g/mol. The molecule has 0 unspecified atom stereocenters. The summed E-state index contributed by atoms with van der Waals surface area (Å²) in [5, 5.41) is 0. The van der Waals surface area contributed by atoms with Crippen molar-refractivity contribution in [3.8, 4) is 0 Å². The highest BCUT2D eigenvalue weighted by Crippen LogP contribution is 2.09. The molecule has 0 saturated heterocycles. The smallest absolute Gasteiger partial charge is 0.264 e. The molecule has 5 nitrogen and oxygen atoms in total. The third-order valence-corrected chi connectivity index (χ3v) is 3.64. The van der Waals surface area contributed by atoms with Crippen molar-refractivity contribution < 1.29 is 17.9 Å². The van der Waals surface area contributed by atoms with Gasteiger partial charge in [0.05, 0.1) is 17.3 Å². The minimum absolute atomic E-state index is 0.0499. The van der Waals surface area contributed by atoms with Gasteiger partial charge in [-0.3, -0.25) is 4.79 Å². The lowest BCUT2D eigenvalue weighted by molar-refractivity contribution is -0.115. The van der Waals surface area contributed by atoms with Gasteiger partial charge in [0.1, 0.15) is 0 Å².